The molecule has 0 saturated carbocycles. The minimum Gasteiger partial charge on any atom is -0.454 e. The number of hydrogen-bond donors (Lipinski definition) is 0. The van der Waals surface area contributed by atoms with Crippen molar-refractivity contribution < 1.29 is 85.4 Å². The van der Waals surface area contributed by atoms with Crippen LogP contribution in [0.25, 0.3) is 0 Å². The smallest absolute Gasteiger partial charge is 0.303 e. The van der Waals surface area contributed by atoms with Crippen LogP contribution >= 0.6 is 0 Å². The second-order valence-electron chi connectivity index (χ2n) is 24.0. The number of hydrogen-bond acceptors (Lipinski definition) is 18. The molecule has 0 N–H and O–H groups in total. The average molecular weight is 1320 g/mol. The van der Waals surface area contributed by atoms with Gasteiger partial charge in [0.25, 0.3) is 0 Å². The van der Waals surface area contributed by atoms with Gasteiger partial charge in [-0.3, -0.25) is 9.59 Å². The maximum atomic E-state index is 13.8. The Morgan fingerprint density at radius 2 is 0.505 bits per heavy atom. The lowest BCUT2D eigenvalue weighted by Gasteiger charge is -2.51. The molecule has 0 aliphatic carbocycles. The molecule has 18 nitrogen and oxygen atoms in total. The van der Waals surface area contributed by atoms with Crippen LogP contribution in [-0.2, 0) is 138 Å². The zero-order chi connectivity index (χ0) is 66.8. The quantitative estimate of drug-likeness (QED) is 0.0347. The first kappa shape index (κ1) is 70.5. The van der Waals surface area contributed by atoms with Crippen LogP contribution in [0.1, 0.15) is 58.4 Å². The van der Waals surface area contributed by atoms with Gasteiger partial charge in [0.15, 0.2) is 31.1 Å². The van der Waals surface area contributed by atoms with Crippen LogP contribution in [0.3, 0.4) is 0 Å². The first-order valence-electron chi connectivity index (χ1n) is 33.0. The molecule has 11 rings (SSSR count). The van der Waals surface area contributed by atoms with Gasteiger partial charge in [-0.15, -0.1) is 0 Å². The van der Waals surface area contributed by atoms with E-state index in [1.807, 2.05) is 243 Å². The molecule has 97 heavy (non-hydrogen) atoms. The van der Waals surface area contributed by atoms with Gasteiger partial charge in [-0.25, -0.2) is 0 Å². The van der Waals surface area contributed by atoms with Crippen molar-refractivity contribution in [3.63, 3.8) is 0 Å². The van der Waals surface area contributed by atoms with Crippen LogP contribution < -0.4 is 0 Å². The van der Waals surface area contributed by atoms with Crippen molar-refractivity contribution in [2.45, 2.75) is 159 Å². The van der Waals surface area contributed by atoms with Crippen molar-refractivity contribution in [1.29, 1.82) is 0 Å². The highest BCUT2D eigenvalue weighted by Gasteiger charge is 2.58. The number of esters is 2. The fourth-order valence-electron chi connectivity index (χ4n) is 12.1. The van der Waals surface area contributed by atoms with E-state index in [0.29, 0.717) is 0 Å². The van der Waals surface area contributed by atoms with Crippen molar-refractivity contribution >= 4 is 11.9 Å². The molecule has 510 valence electrons. The number of carbonyl (C=O) groups is 2. The third kappa shape index (κ3) is 20.8. The summed E-state index contributed by atoms with van der Waals surface area (Å²) >= 11 is 0. The molecule has 15 atom stereocenters. The van der Waals surface area contributed by atoms with E-state index in [2.05, 4.69) is 0 Å². The summed E-state index contributed by atoms with van der Waals surface area (Å²) in [5, 5.41) is 0. The maximum absolute atomic E-state index is 13.8. The molecule has 18 heteroatoms. The summed E-state index contributed by atoms with van der Waals surface area (Å²) in [5.41, 5.74) is 7.07. The van der Waals surface area contributed by atoms with E-state index in [1.165, 1.54) is 21.0 Å². The van der Waals surface area contributed by atoms with E-state index in [4.69, 9.17) is 75.8 Å². The molecule has 0 radical (unpaired) electrons. The molecule has 0 amide bonds. The van der Waals surface area contributed by atoms with E-state index < -0.39 is 104 Å². The van der Waals surface area contributed by atoms with Gasteiger partial charge >= 0.3 is 11.9 Å². The summed E-state index contributed by atoms with van der Waals surface area (Å²) in [7, 11) is 1.49. The summed E-state index contributed by atoms with van der Waals surface area (Å²) < 4.78 is 110. The fourth-order valence-corrected chi connectivity index (χ4v) is 12.1. The predicted molar refractivity (Wildman–Crippen MR) is 357 cm³/mol. The summed E-state index contributed by atoms with van der Waals surface area (Å²) in [4.78, 5) is 27.6. The second kappa shape index (κ2) is 37.2. The van der Waals surface area contributed by atoms with Gasteiger partial charge in [-0.1, -0.05) is 243 Å². The van der Waals surface area contributed by atoms with Gasteiger partial charge in [-0.2, -0.15) is 0 Å². The topological polar surface area (TPSA) is 182 Å². The molecular weight excluding hydrogens is 1240 g/mol. The molecule has 3 fully saturated rings. The largest absolute Gasteiger partial charge is 0.454 e. The molecule has 8 aromatic carbocycles. The van der Waals surface area contributed by atoms with Crippen LogP contribution in [0.15, 0.2) is 243 Å². The molecule has 3 heterocycles. The Morgan fingerprint density at radius 1 is 0.278 bits per heavy atom. The van der Waals surface area contributed by atoms with Crippen LogP contribution in [0, 0.1) is 0 Å². The summed E-state index contributed by atoms with van der Waals surface area (Å²) in [5.74, 6) is -1.28. The third-order valence-electron chi connectivity index (χ3n) is 16.8. The van der Waals surface area contributed by atoms with Crippen molar-refractivity contribution in [3.8, 4) is 0 Å². The first-order valence-corrected chi connectivity index (χ1v) is 33.0. The fraction of sp³-hybridized carbons (Fsp3) is 0.367. The number of rotatable bonds is 34. The normalized spacial score (nSPS) is 25.6. The van der Waals surface area contributed by atoms with Crippen molar-refractivity contribution in [2.75, 3.05) is 26.9 Å². The molecular formula is C79H86O18. The van der Waals surface area contributed by atoms with Gasteiger partial charge in [0.1, 0.15) is 61.0 Å². The van der Waals surface area contributed by atoms with Gasteiger partial charge in [-0.05, 0) is 44.5 Å². The highest BCUT2D eigenvalue weighted by molar-refractivity contribution is 5.66. The maximum Gasteiger partial charge on any atom is 0.303 e. The number of carbonyl (C=O) groups excluding carboxylic acids is 2. The Bertz CT molecular complexity index is 3510. The first-order chi connectivity index (χ1) is 47.7. The number of benzene rings is 8. The molecule has 0 bridgehead atoms. The molecule has 0 spiro atoms. The predicted octanol–water partition coefficient (Wildman–Crippen LogP) is 12.0. The minimum absolute atomic E-state index is 0.0133. The molecule has 8 aromatic rings. The lowest BCUT2D eigenvalue weighted by molar-refractivity contribution is -0.394. The standard InChI is InChI=1S/C79H86O18/c1-55(80)91-75-71(88-49-62-38-22-9-23-39-62)68(86-47-60-34-18-7-19-35-60)65(52-83-44-57-28-12-4-13-29-57)94-78(75)96-70-67(54-85-46-59-32-16-6-17-33-59)93-77(82-3)74(73(70)90-51-64-42-26-11-27-43-64)97-79-76(92-56(2)81)72(89-50-63-40-24-10-25-41-63)69(87-48-61-36-20-8-21-37-61)66(95-79)53-84-45-58-30-14-5-15-31-58/h4-43,65-79H,44-54H2,1-3H3/t65-,66+,67+,68-,69+,70+,71-,72+,73-,74+,75-,76+,77+,78-,79-/m0/s1. The van der Waals surface area contributed by atoms with Crippen molar-refractivity contribution in [3.05, 3.63) is 287 Å². The Balaban J connectivity index is 1.00. The lowest BCUT2D eigenvalue weighted by Crippen LogP contribution is -2.68. The molecule has 3 saturated heterocycles. The SMILES string of the molecule is CO[C@@H]1O[C@H](COCc2ccccc2)[C@@H](O[C@@H]2O[C@@H](COCc3ccccc3)[C@H](OCc3ccccc3)[C@H](OCc3ccccc3)[C@@H]2OC(C)=O)[C@H](OCc2ccccc2)[C@H]1O[C@@H]1O[C@H](COCc2ccccc2)[C@@H](OCc2ccccc2)[C@@H](OCc2ccccc2)[C@H]1OC(C)=O. The molecule has 0 aromatic heterocycles. The number of methoxy groups -OCH3 is 1. The van der Waals surface area contributed by atoms with Crippen LogP contribution in [-0.4, -0.2) is 131 Å². The monoisotopic (exact) mass is 1320 g/mol. The van der Waals surface area contributed by atoms with Crippen molar-refractivity contribution in [2.24, 2.45) is 0 Å². The third-order valence-corrected chi connectivity index (χ3v) is 16.8. The number of ether oxygens (including phenoxy) is 16. The Kier molecular flexibility index (Phi) is 27.0. The van der Waals surface area contributed by atoms with E-state index in [-0.39, 0.29) is 72.7 Å². The molecule has 3 aliphatic heterocycles. The van der Waals surface area contributed by atoms with Crippen LogP contribution in [0.2, 0.25) is 0 Å². The van der Waals surface area contributed by atoms with Crippen LogP contribution in [0.4, 0.5) is 0 Å². The summed E-state index contributed by atoms with van der Waals surface area (Å²) in [6, 6.07) is 77.8. The Hall–Kier alpha value is -7.86. The summed E-state index contributed by atoms with van der Waals surface area (Å²) in [6.45, 7) is 3.67. The zero-order valence-electron chi connectivity index (χ0n) is 54.9. The Morgan fingerprint density at radius 3 is 0.773 bits per heavy atom. The summed E-state index contributed by atoms with van der Waals surface area (Å²) in [6.07, 6.45) is -17.4. The van der Waals surface area contributed by atoms with Gasteiger partial charge in [0.2, 0.25) is 0 Å². The second-order valence-corrected chi connectivity index (χ2v) is 24.0. The van der Waals surface area contributed by atoms with Crippen molar-refractivity contribution in [1.82, 2.24) is 0 Å². The van der Waals surface area contributed by atoms with E-state index >= 15 is 0 Å². The minimum atomic E-state index is -1.46. The van der Waals surface area contributed by atoms with Crippen LogP contribution in [0.5, 0.6) is 0 Å². The van der Waals surface area contributed by atoms with Gasteiger partial charge in [0.05, 0.1) is 72.7 Å². The highest BCUT2D eigenvalue weighted by atomic mass is 16.8. The average Bonchev–Trinajstić information content (AvgIpc) is 0.770. The van der Waals surface area contributed by atoms with E-state index in [0.717, 1.165) is 44.5 Å². The van der Waals surface area contributed by atoms with Gasteiger partial charge in [0, 0.05) is 21.0 Å². The van der Waals surface area contributed by atoms with E-state index in [9.17, 15) is 9.59 Å². The lowest BCUT2D eigenvalue weighted by atomic mass is 9.95. The zero-order valence-corrected chi connectivity index (χ0v) is 54.9. The van der Waals surface area contributed by atoms with E-state index in [1.54, 1.807) is 0 Å². The Labute approximate surface area is 567 Å². The molecule has 0 unspecified atom stereocenters. The molecule has 3 aliphatic rings. The van der Waals surface area contributed by atoms with Gasteiger partial charge < -0.3 is 75.8 Å². The highest BCUT2D eigenvalue weighted by Crippen LogP contribution is 2.39.